The molecule has 0 aliphatic heterocycles. The van der Waals surface area contributed by atoms with E-state index < -0.39 is 0 Å². The molecule has 0 bridgehead atoms. The Labute approximate surface area is 94.1 Å². The van der Waals surface area contributed by atoms with Crippen LogP contribution in [0.1, 0.15) is 5.76 Å². The number of rotatable bonds is 3. The van der Waals surface area contributed by atoms with E-state index >= 15 is 0 Å². The van der Waals surface area contributed by atoms with E-state index in [1.54, 1.807) is 24.7 Å². The largest absolute Gasteiger partial charge is 0.360 e. The Bertz CT molecular complexity index is 386. The van der Waals surface area contributed by atoms with Crippen LogP contribution in [0.15, 0.2) is 29.2 Å². The number of anilines is 1. The minimum atomic E-state index is 0.542. The zero-order valence-electron chi connectivity index (χ0n) is 7.14. The Morgan fingerprint density at radius 3 is 2.79 bits per heavy atom. The van der Waals surface area contributed by atoms with Gasteiger partial charge in [0.15, 0.2) is 5.76 Å². The molecule has 0 saturated heterocycles. The number of hydrogen-bond acceptors (Lipinski definition) is 5. The van der Waals surface area contributed by atoms with E-state index in [-0.39, 0.29) is 0 Å². The van der Waals surface area contributed by atoms with Gasteiger partial charge < -0.3 is 9.84 Å². The minimum Gasteiger partial charge on any atom is -0.360 e. The van der Waals surface area contributed by atoms with Crippen LogP contribution in [0.5, 0.6) is 0 Å². The number of hydrogen-bond donors (Lipinski definition) is 1. The molecule has 2 aromatic heterocycles. The monoisotopic (exact) mass is 302 g/mol. The molecule has 0 atom stereocenters. The van der Waals surface area contributed by atoms with Crippen LogP contribution in [0.25, 0.3) is 0 Å². The van der Waals surface area contributed by atoms with E-state index in [0.29, 0.717) is 12.5 Å². The Kier molecular flexibility index (Phi) is 2.92. The van der Waals surface area contributed by atoms with Crippen molar-refractivity contribution in [3.63, 3.8) is 0 Å². The zero-order valence-corrected chi connectivity index (χ0v) is 9.30. The first-order valence-electron chi connectivity index (χ1n) is 3.95. The Hall–Kier alpha value is -1.18. The van der Waals surface area contributed by atoms with Crippen molar-refractivity contribution in [2.75, 3.05) is 5.32 Å². The topological polar surface area (TPSA) is 63.8 Å². The number of nitrogens with one attached hydrogen (secondary N) is 1. The van der Waals surface area contributed by atoms with E-state index in [4.69, 9.17) is 4.52 Å². The van der Waals surface area contributed by atoms with Crippen LogP contribution in [0.3, 0.4) is 0 Å². The maximum Gasteiger partial charge on any atom is 0.223 e. The molecule has 0 spiro atoms. The van der Waals surface area contributed by atoms with Gasteiger partial charge in [0.2, 0.25) is 5.95 Å². The summed E-state index contributed by atoms with van der Waals surface area (Å²) in [5.41, 5.74) is 0. The molecular formula is C8H7IN4O. The average molecular weight is 302 g/mol. The first-order valence-corrected chi connectivity index (χ1v) is 5.03. The van der Waals surface area contributed by atoms with Crippen molar-refractivity contribution in [2.24, 2.45) is 0 Å². The molecule has 2 aromatic rings. The predicted molar refractivity (Wildman–Crippen MR) is 58.6 cm³/mol. The summed E-state index contributed by atoms with van der Waals surface area (Å²) in [5.74, 6) is 1.34. The first kappa shape index (κ1) is 9.38. The summed E-state index contributed by atoms with van der Waals surface area (Å²) in [6, 6.07) is 1.79. The molecular weight excluding hydrogens is 295 g/mol. The minimum absolute atomic E-state index is 0.542. The molecule has 1 N–H and O–H groups in total. The van der Waals surface area contributed by atoms with Crippen molar-refractivity contribution >= 4 is 28.5 Å². The molecule has 6 heteroatoms. The third-order valence-corrected chi connectivity index (χ3v) is 2.09. The molecule has 2 rings (SSSR count). The van der Waals surface area contributed by atoms with Crippen molar-refractivity contribution in [1.29, 1.82) is 0 Å². The highest BCUT2D eigenvalue weighted by Gasteiger charge is 1.98. The molecule has 2 heterocycles. The van der Waals surface area contributed by atoms with Gasteiger partial charge in [-0.1, -0.05) is 5.16 Å². The quantitative estimate of drug-likeness (QED) is 0.874. The van der Waals surface area contributed by atoms with Crippen LogP contribution in [-0.2, 0) is 6.54 Å². The smallest absolute Gasteiger partial charge is 0.223 e. The molecule has 0 aliphatic rings. The van der Waals surface area contributed by atoms with E-state index in [1.165, 1.54) is 0 Å². The SMILES string of the molecule is Ic1cnc(NCc2ccno2)nc1. The first-order chi connectivity index (χ1) is 6.84. The second-order valence-electron chi connectivity index (χ2n) is 2.56. The molecule has 14 heavy (non-hydrogen) atoms. The number of nitrogens with zero attached hydrogens (tertiary/aromatic N) is 3. The van der Waals surface area contributed by atoms with Gasteiger partial charge in [-0.15, -0.1) is 0 Å². The zero-order chi connectivity index (χ0) is 9.80. The van der Waals surface area contributed by atoms with Gasteiger partial charge in [0, 0.05) is 22.0 Å². The third kappa shape index (κ3) is 2.41. The van der Waals surface area contributed by atoms with Gasteiger partial charge in [-0.25, -0.2) is 9.97 Å². The van der Waals surface area contributed by atoms with Crippen molar-refractivity contribution in [2.45, 2.75) is 6.54 Å². The van der Waals surface area contributed by atoms with Gasteiger partial charge in [0.05, 0.1) is 12.7 Å². The van der Waals surface area contributed by atoms with E-state index in [2.05, 4.69) is 43.0 Å². The molecule has 0 amide bonds. The van der Waals surface area contributed by atoms with Crippen LogP contribution in [0.2, 0.25) is 0 Å². The summed E-state index contributed by atoms with van der Waals surface area (Å²) >= 11 is 2.15. The van der Waals surface area contributed by atoms with Crippen molar-refractivity contribution in [1.82, 2.24) is 15.1 Å². The Morgan fingerprint density at radius 2 is 2.14 bits per heavy atom. The molecule has 0 unspecified atom stereocenters. The second kappa shape index (κ2) is 4.36. The lowest BCUT2D eigenvalue weighted by Crippen LogP contribution is -2.02. The fraction of sp³-hybridized carbons (Fsp3) is 0.125. The summed E-state index contributed by atoms with van der Waals surface area (Å²) in [6.07, 6.45) is 5.10. The van der Waals surface area contributed by atoms with E-state index in [9.17, 15) is 0 Å². The number of halogens is 1. The van der Waals surface area contributed by atoms with Gasteiger partial charge in [-0.3, -0.25) is 0 Å². The van der Waals surface area contributed by atoms with Crippen LogP contribution in [0.4, 0.5) is 5.95 Å². The molecule has 0 aliphatic carbocycles. The highest BCUT2D eigenvalue weighted by atomic mass is 127. The maximum absolute atomic E-state index is 4.91. The Balaban J connectivity index is 1.95. The number of aromatic nitrogens is 3. The van der Waals surface area contributed by atoms with Gasteiger partial charge in [-0.2, -0.15) is 0 Å². The standard InChI is InChI=1S/C8H7IN4O/c9-6-3-10-8(11-4-6)12-5-7-1-2-13-14-7/h1-4H,5H2,(H,10,11,12). The fourth-order valence-corrected chi connectivity index (χ4v) is 1.18. The third-order valence-electron chi connectivity index (χ3n) is 1.53. The van der Waals surface area contributed by atoms with Crippen molar-refractivity contribution < 1.29 is 4.52 Å². The lowest BCUT2D eigenvalue weighted by Gasteiger charge is -2.00. The summed E-state index contributed by atoms with van der Waals surface area (Å²) in [4.78, 5) is 8.17. The van der Waals surface area contributed by atoms with Crippen LogP contribution >= 0.6 is 22.6 Å². The summed E-state index contributed by atoms with van der Waals surface area (Å²) in [7, 11) is 0. The van der Waals surface area contributed by atoms with Crippen molar-refractivity contribution in [3.05, 3.63) is 34.0 Å². The van der Waals surface area contributed by atoms with Gasteiger partial charge in [-0.05, 0) is 22.6 Å². The normalized spacial score (nSPS) is 10.1. The predicted octanol–water partition coefficient (Wildman–Crippen LogP) is 1.68. The summed E-state index contributed by atoms with van der Waals surface area (Å²) in [6.45, 7) is 0.542. The lowest BCUT2D eigenvalue weighted by atomic mass is 10.4. The molecule has 0 aromatic carbocycles. The fourth-order valence-electron chi connectivity index (χ4n) is 0.903. The summed E-state index contributed by atoms with van der Waals surface area (Å²) < 4.78 is 5.92. The van der Waals surface area contributed by atoms with Crippen LogP contribution in [-0.4, -0.2) is 15.1 Å². The van der Waals surface area contributed by atoms with Crippen LogP contribution < -0.4 is 5.32 Å². The van der Waals surface area contributed by atoms with E-state index in [0.717, 1.165) is 9.33 Å². The molecule has 0 radical (unpaired) electrons. The molecule has 0 saturated carbocycles. The highest BCUT2D eigenvalue weighted by molar-refractivity contribution is 14.1. The van der Waals surface area contributed by atoms with Crippen molar-refractivity contribution in [3.8, 4) is 0 Å². The van der Waals surface area contributed by atoms with Gasteiger partial charge >= 0.3 is 0 Å². The molecule has 72 valence electrons. The lowest BCUT2D eigenvalue weighted by molar-refractivity contribution is 0.388. The van der Waals surface area contributed by atoms with E-state index in [1.807, 2.05) is 0 Å². The summed E-state index contributed by atoms with van der Waals surface area (Å²) in [5, 5.41) is 6.61. The molecule has 0 fully saturated rings. The highest BCUT2D eigenvalue weighted by Crippen LogP contribution is 2.04. The second-order valence-corrected chi connectivity index (χ2v) is 3.80. The molecule has 5 nitrogen and oxygen atoms in total. The Morgan fingerprint density at radius 1 is 1.36 bits per heavy atom. The average Bonchev–Trinajstić information content (AvgIpc) is 2.70. The van der Waals surface area contributed by atoms with Gasteiger partial charge in [0.25, 0.3) is 0 Å². The maximum atomic E-state index is 4.91. The van der Waals surface area contributed by atoms with Crippen LogP contribution in [0, 0.1) is 3.57 Å². The van der Waals surface area contributed by atoms with Gasteiger partial charge in [0.1, 0.15) is 0 Å².